The first-order valence-corrected chi connectivity index (χ1v) is 7.75. The minimum atomic E-state index is 0.457. The van der Waals surface area contributed by atoms with Crippen molar-refractivity contribution in [2.45, 2.75) is 66.7 Å². The zero-order chi connectivity index (χ0) is 13.4. The van der Waals surface area contributed by atoms with E-state index in [0.717, 1.165) is 11.8 Å². The molecule has 0 heterocycles. The van der Waals surface area contributed by atoms with E-state index in [1.165, 1.54) is 32.1 Å². The summed E-state index contributed by atoms with van der Waals surface area (Å²) in [7, 11) is 0. The Hall–Kier alpha value is -0.520. The quantitative estimate of drug-likeness (QED) is 0.552. The second kappa shape index (κ2) is 4.87. The van der Waals surface area contributed by atoms with Gasteiger partial charge in [0.25, 0.3) is 0 Å². The minimum absolute atomic E-state index is 0.457. The van der Waals surface area contributed by atoms with Crippen molar-refractivity contribution in [2.75, 3.05) is 0 Å². The Morgan fingerprint density at radius 2 is 1.83 bits per heavy atom. The summed E-state index contributed by atoms with van der Waals surface area (Å²) in [6.45, 7) is 12.1. The van der Waals surface area contributed by atoms with Gasteiger partial charge in [-0.05, 0) is 55.3 Å². The summed E-state index contributed by atoms with van der Waals surface area (Å²) < 4.78 is 0. The molecular weight excluding hydrogens is 216 g/mol. The molecule has 2 aliphatic carbocycles. The van der Waals surface area contributed by atoms with Crippen LogP contribution < -0.4 is 0 Å². The lowest BCUT2D eigenvalue weighted by molar-refractivity contribution is -0.00629. The lowest BCUT2D eigenvalue weighted by atomic mass is 9.48. The Balaban J connectivity index is 2.40. The lowest BCUT2D eigenvalue weighted by Crippen LogP contribution is -2.47. The Labute approximate surface area is 114 Å². The van der Waals surface area contributed by atoms with Crippen LogP contribution in [0, 0.1) is 22.7 Å². The highest BCUT2D eigenvalue weighted by Crippen LogP contribution is 2.60. The first kappa shape index (κ1) is 13.9. The Morgan fingerprint density at radius 3 is 2.50 bits per heavy atom. The molecule has 0 aromatic heterocycles. The van der Waals surface area contributed by atoms with E-state index in [4.69, 9.17) is 0 Å². The molecule has 2 fully saturated rings. The van der Waals surface area contributed by atoms with Crippen LogP contribution in [0.2, 0.25) is 0 Å². The van der Waals surface area contributed by atoms with Gasteiger partial charge in [0.2, 0.25) is 0 Å². The Morgan fingerprint density at radius 1 is 1.11 bits per heavy atom. The third-order valence-electron chi connectivity index (χ3n) is 5.78. The van der Waals surface area contributed by atoms with Gasteiger partial charge in [-0.15, -0.1) is 0 Å². The summed E-state index contributed by atoms with van der Waals surface area (Å²) >= 11 is 0. The molecule has 0 unspecified atom stereocenters. The summed E-state index contributed by atoms with van der Waals surface area (Å²) in [6, 6.07) is 0. The summed E-state index contributed by atoms with van der Waals surface area (Å²) in [6.07, 6.45) is 13.9. The highest BCUT2D eigenvalue weighted by atomic mass is 14.5. The third kappa shape index (κ3) is 2.19. The molecule has 0 N–H and O–H groups in total. The van der Waals surface area contributed by atoms with Crippen LogP contribution in [0.15, 0.2) is 23.8 Å². The van der Waals surface area contributed by atoms with Crippen LogP contribution in [0.4, 0.5) is 0 Å². The van der Waals surface area contributed by atoms with Gasteiger partial charge in [0.15, 0.2) is 0 Å². The van der Waals surface area contributed by atoms with Gasteiger partial charge in [-0.3, -0.25) is 0 Å². The number of hydrogen-bond donors (Lipinski definition) is 0. The molecule has 0 radical (unpaired) electrons. The lowest BCUT2D eigenvalue weighted by Gasteiger charge is -2.56. The van der Waals surface area contributed by atoms with E-state index < -0.39 is 0 Å². The van der Waals surface area contributed by atoms with Crippen LogP contribution in [0.5, 0.6) is 0 Å². The van der Waals surface area contributed by atoms with Crippen LogP contribution >= 0.6 is 0 Å². The zero-order valence-electron chi connectivity index (χ0n) is 12.9. The van der Waals surface area contributed by atoms with Crippen LogP contribution in [0.3, 0.4) is 0 Å². The van der Waals surface area contributed by atoms with E-state index in [9.17, 15) is 0 Å². The van der Waals surface area contributed by atoms with E-state index in [-0.39, 0.29) is 0 Å². The smallest absolute Gasteiger partial charge is 0.00773 e. The predicted molar refractivity (Wildman–Crippen MR) is 80.5 cm³/mol. The average Bonchev–Trinajstić information content (AvgIpc) is 2.27. The summed E-state index contributed by atoms with van der Waals surface area (Å²) in [5.74, 6) is 1.66. The molecule has 0 spiro atoms. The number of rotatable bonds is 1. The molecule has 0 heteroatoms. The van der Waals surface area contributed by atoms with Crippen LogP contribution in [-0.4, -0.2) is 0 Å². The van der Waals surface area contributed by atoms with Crippen LogP contribution in [0.1, 0.15) is 66.7 Å². The zero-order valence-corrected chi connectivity index (χ0v) is 12.9. The molecule has 0 amide bonds. The van der Waals surface area contributed by atoms with Gasteiger partial charge in [0.1, 0.15) is 0 Å². The summed E-state index contributed by atoms with van der Waals surface area (Å²) in [4.78, 5) is 0. The SMILES string of the molecule is C/C=C/C=C1\[C@@H](C)CC[C@H]2C(C)(C)CCC[C@]12C. The maximum atomic E-state index is 2.55. The molecule has 0 aromatic rings. The molecule has 0 saturated heterocycles. The monoisotopic (exact) mass is 246 g/mol. The fourth-order valence-corrected chi connectivity index (χ4v) is 4.87. The van der Waals surface area contributed by atoms with E-state index in [0.29, 0.717) is 10.8 Å². The average molecular weight is 246 g/mol. The standard InChI is InChI=1S/C18H30/c1-6-7-9-15-14(2)10-11-16-17(3,4)12-8-13-18(15,16)5/h6-7,9,14,16H,8,10-13H2,1-5H3/b7-6+,15-9+/t14-,16-,18+/m0/s1. The molecule has 3 atom stereocenters. The Bertz CT molecular complexity index is 358. The minimum Gasteiger partial charge on any atom is -0.0877 e. The van der Waals surface area contributed by atoms with Crippen molar-refractivity contribution >= 4 is 0 Å². The molecule has 0 aliphatic heterocycles. The molecular formula is C18H30. The van der Waals surface area contributed by atoms with Gasteiger partial charge in [0, 0.05) is 0 Å². The molecule has 2 saturated carbocycles. The first-order chi connectivity index (χ1) is 8.42. The summed E-state index contributed by atoms with van der Waals surface area (Å²) in [5.41, 5.74) is 2.71. The van der Waals surface area contributed by atoms with Crippen molar-refractivity contribution in [3.05, 3.63) is 23.8 Å². The Kier molecular flexibility index (Phi) is 3.76. The maximum Gasteiger partial charge on any atom is -0.00773 e. The normalized spacial score (nSPS) is 42.2. The van der Waals surface area contributed by atoms with Gasteiger partial charge in [-0.1, -0.05) is 57.9 Å². The second-order valence-corrected chi connectivity index (χ2v) is 7.44. The van der Waals surface area contributed by atoms with E-state index >= 15 is 0 Å². The molecule has 2 aliphatic rings. The van der Waals surface area contributed by atoms with Crippen molar-refractivity contribution in [3.8, 4) is 0 Å². The van der Waals surface area contributed by atoms with Crippen molar-refractivity contribution in [2.24, 2.45) is 22.7 Å². The highest BCUT2D eigenvalue weighted by molar-refractivity contribution is 5.27. The summed E-state index contributed by atoms with van der Waals surface area (Å²) in [5, 5.41) is 0. The van der Waals surface area contributed by atoms with Crippen LogP contribution in [0.25, 0.3) is 0 Å². The number of hydrogen-bond acceptors (Lipinski definition) is 0. The van der Waals surface area contributed by atoms with Crippen molar-refractivity contribution in [1.29, 1.82) is 0 Å². The molecule has 102 valence electrons. The van der Waals surface area contributed by atoms with Gasteiger partial charge in [-0.2, -0.15) is 0 Å². The predicted octanol–water partition coefficient (Wildman–Crippen LogP) is 5.75. The van der Waals surface area contributed by atoms with Gasteiger partial charge in [-0.25, -0.2) is 0 Å². The topological polar surface area (TPSA) is 0 Å². The van der Waals surface area contributed by atoms with E-state index in [1.807, 2.05) is 0 Å². The van der Waals surface area contributed by atoms with Crippen molar-refractivity contribution in [1.82, 2.24) is 0 Å². The van der Waals surface area contributed by atoms with Gasteiger partial charge in [0.05, 0.1) is 0 Å². The molecule has 0 nitrogen and oxygen atoms in total. The molecule has 18 heavy (non-hydrogen) atoms. The van der Waals surface area contributed by atoms with E-state index in [2.05, 4.69) is 52.8 Å². The first-order valence-electron chi connectivity index (χ1n) is 7.75. The number of allylic oxidation sites excluding steroid dienone is 4. The third-order valence-corrected chi connectivity index (χ3v) is 5.78. The highest BCUT2D eigenvalue weighted by Gasteiger charge is 2.50. The molecule has 0 bridgehead atoms. The second-order valence-electron chi connectivity index (χ2n) is 7.44. The molecule has 0 aromatic carbocycles. The van der Waals surface area contributed by atoms with Crippen molar-refractivity contribution < 1.29 is 0 Å². The van der Waals surface area contributed by atoms with Gasteiger partial charge < -0.3 is 0 Å². The van der Waals surface area contributed by atoms with E-state index in [1.54, 1.807) is 5.57 Å². The molecule has 2 rings (SSSR count). The maximum absolute atomic E-state index is 2.55. The number of fused-ring (bicyclic) bond motifs is 1. The largest absolute Gasteiger partial charge is 0.0877 e. The van der Waals surface area contributed by atoms with Gasteiger partial charge >= 0.3 is 0 Å². The fraction of sp³-hybridized carbons (Fsp3) is 0.778. The fourth-order valence-electron chi connectivity index (χ4n) is 4.87. The van der Waals surface area contributed by atoms with Crippen molar-refractivity contribution in [3.63, 3.8) is 0 Å². The van der Waals surface area contributed by atoms with Crippen LogP contribution in [-0.2, 0) is 0 Å².